The molecule has 0 fully saturated rings. The van der Waals surface area contributed by atoms with Crippen LogP contribution in [0.2, 0.25) is 0 Å². The molecule has 20 heavy (non-hydrogen) atoms. The number of anilines is 2. The molecule has 0 saturated carbocycles. The Hall–Kier alpha value is -2.31. The Labute approximate surface area is 117 Å². The standard InChI is InChI=1S/C14H14N2O3S/c15-12-6-3-5-11(14(12)16)9-8-10-4-1-2-7-13(10)20(17,18)19/h1-9H,15-16H2,(H,17,18,19). The first kappa shape index (κ1) is 14.1. The molecule has 0 aliphatic rings. The van der Waals surface area contributed by atoms with Crippen LogP contribution in [0.3, 0.4) is 0 Å². The zero-order valence-electron chi connectivity index (χ0n) is 10.5. The first-order valence-electron chi connectivity index (χ1n) is 5.78. The van der Waals surface area contributed by atoms with Gasteiger partial charge in [-0.15, -0.1) is 0 Å². The second-order valence-electron chi connectivity index (χ2n) is 4.20. The topological polar surface area (TPSA) is 106 Å². The lowest BCUT2D eigenvalue weighted by Crippen LogP contribution is -2.00. The van der Waals surface area contributed by atoms with Crippen LogP contribution in [0, 0.1) is 0 Å². The maximum Gasteiger partial charge on any atom is 0.295 e. The minimum absolute atomic E-state index is 0.154. The summed E-state index contributed by atoms with van der Waals surface area (Å²) in [6.45, 7) is 0. The third-order valence-electron chi connectivity index (χ3n) is 2.81. The lowest BCUT2D eigenvalue weighted by molar-refractivity contribution is 0.483. The van der Waals surface area contributed by atoms with E-state index in [-0.39, 0.29) is 4.90 Å². The molecule has 5 N–H and O–H groups in total. The SMILES string of the molecule is Nc1cccc(C=Cc2ccccc2S(=O)(=O)O)c1N. The average molecular weight is 290 g/mol. The van der Waals surface area contributed by atoms with Gasteiger partial charge in [0.2, 0.25) is 0 Å². The molecule has 0 bridgehead atoms. The van der Waals surface area contributed by atoms with E-state index in [0.717, 1.165) is 0 Å². The van der Waals surface area contributed by atoms with Crippen LogP contribution >= 0.6 is 0 Å². The molecule has 6 heteroatoms. The van der Waals surface area contributed by atoms with E-state index >= 15 is 0 Å². The van der Waals surface area contributed by atoms with Crippen LogP contribution in [0.25, 0.3) is 12.2 Å². The molecule has 0 unspecified atom stereocenters. The van der Waals surface area contributed by atoms with Gasteiger partial charge in [0.1, 0.15) is 4.90 Å². The normalized spacial score (nSPS) is 11.8. The predicted molar refractivity (Wildman–Crippen MR) is 80.5 cm³/mol. The van der Waals surface area contributed by atoms with Gasteiger partial charge in [-0.3, -0.25) is 4.55 Å². The molecule has 0 heterocycles. The first-order chi connectivity index (χ1) is 9.39. The molecule has 0 saturated heterocycles. The summed E-state index contributed by atoms with van der Waals surface area (Å²) in [6, 6.07) is 11.3. The number of nitrogen functional groups attached to an aromatic ring is 2. The number of rotatable bonds is 3. The van der Waals surface area contributed by atoms with Crippen molar-refractivity contribution in [1.82, 2.24) is 0 Å². The summed E-state index contributed by atoms with van der Waals surface area (Å²) in [4.78, 5) is -0.154. The smallest absolute Gasteiger partial charge is 0.295 e. The Balaban J connectivity index is 2.45. The van der Waals surface area contributed by atoms with E-state index in [9.17, 15) is 8.42 Å². The van der Waals surface area contributed by atoms with Crippen LogP contribution in [-0.2, 0) is 10.1 Å². The summed E-state index contributed by atoms with van der Waals surface area (Å²) in [6.07, 6.45) is 3.21. The van der Waals surface area contributed by atoms with E-state index in [1.807, 2.05) is 0 Å². The van der Waals surface area contributed by atoms with Crippen molar-refractivity contribution in [1.29, 1.82) is 0 Å². The molecule has 2 aromatic carbocycles. The monoisotopic (exact) mass is 290 g/mol. The van der Waals surface area contributed by atoms with Crippen molar-refractivity contribution in [2.75, 3.05) is 11.5 Å². The van der Waals surface area contributed by atoms with Crippen molar-refractivity contribution in [2.45, 2.75) is 4.90 Å². The lowest BCUT2D eigenvalue weighted by Gasteiger charge is -2.05. The second-order valence-corrected chi connectivity index (χ2v) is 5.59. The van der Waals surface area contributed by atoms with Crippen molar-refractivity contribution >= 4 is 33.6 Å². The number of benzene rings is 2. The molecule has 5 nitrogen and oxygen atoms in total. The third kappa shape index (κ3) is 2.98. The zero-order valence-corrected chi connectivity index (χ0v) is 11.3. The summed E-state index contributed by atoms with van der Waals surface area (Å²) < 4.78 is 31.7. The van der Waals surface area contributed by atoms with E-state index < -0.39 is 10.1 Å². The van der Waals surface area contributed by atoms with E-state index in [2.05, 4.69) is 0 Å². The highest BCUT2D eigenvalue weighted by molar-refractivity contribution is 7.85. The van der Waals surface area contributed by atoms with Crippen LogP contribution < -0.4 is 11.5 Å². The summed E-state index contributed by atoms with van der Waals surface area (Å²) in [7, 11) is -4.26. The highest BCUT2D eigenvalue weighted by atomic mass is 32.2. The van der Waals surface area contributed by atoms with Crippen LogP contribution in [0.15, 0.2) is 47.4 Å². The molecule has 104 valence electrons. The molecule has 2 aromatic rings. The summed E-state index contributed by atoms with van der Waals surface area (Å²) in [5.74, 6) is 0. The highest BCUT2D eigenvalue weighted by Gasteiger charge is 2.12. The Morgan fingerprint density at radius 3 is 2.20 bits per heavy atom. The van der Waals surface area contributed by atoms with Crippen LogP contribution in [-0.4, -0.2) is 13.0 Å². The van der Waals surface area contributed by atoms with Crippen molar-refractivity contribution in [3.05, 3.63) is 53.6 Å². The van der Waals surface area contributed by atoms with Gasteiger partial charge in [0.05, 0.1) is 11.4 Å². The van der Waals surface area contributed by atoms with Crippen molar-refractivity contribution in [3.63, 3.8) is 0 Å². The second kappa shape index (κ2) is 5.36. The largest absolute Gasteiger partial charge is 0.397 e. The van der Waals surface area contributed by atoms with Gasteiger partial charge >= 0.3 is 0 Å². The molecule has 0 aromatic heterocycles. The van der Waals surface area contributed by atoms with E-state index in [4.69, 9.17) is 16.0 Å². The van der Waals surface area contributed by atoms with Crippen molar-refractivity contribution in [2.24, 2.45) is 0 Å². The fourth-order valence-electron chi connectivity index (χ4n) is 1.78. The van der Waals surface area contributed by atoms with Crippen molar-refractivity contribution in [3.8, 4) is 0 Å². The number of hydrogen-bond acceptors (Lipinski definition) is 4. The number of para-hydroxylation sites is 1. The number of hydrogen-bond donors (Lipinski definition) is 3. The van der Waals surface area contributed by atoms with Gasteiger partial charge in [-0.05, 0) is 23.3 Å². The van der Waals surface area contributed by atoms with Gasteiger partial charge in [-0.25, -0.2) is 0 Å². The molecular formula is C14H14N2O3S. The maximum absolute atomic E-state index is 11.3. The quantitative estimate of drug-likeness (QED) is 0.456. The summed E-state index contributed by atoms with van der Waals surface area (Å²) in [5.41, 5.74) is 13.4. The van der Waals surface area contributed by atoms with Crippen molar-refractivity contribution < 1.29 is 13.0 Å². The molecule has 0 amide bonds. The predicted octanol–water partition coefficient (Wildman–Crippen LogP) is 2.27. The Kier molecular flexibility index (Phi) is 3.78. The van der Waals surface area contributed by atoms with Gasteiger partial charge < -0.3 is 11.5 Å². The fourth-order valence-corrected chi connectivity index (χ4v) is 2.46. The van der Waals surface area contributed by atoms with Gasteiger partial charge in [0, 0.05) is 0 Å². The van der Waals surface area contributed by atoms with Gasteiger partial charge in [0.25, 0.3) is 10.1 Å². The summed E-state index contributed by atoms with van der Waals surface area (Å²) in [5, 5.41) is 0. The van der Waals surface area contributed by atoms with E-state index in [1.165, 1.54) is 12.1 Å². The molecule has 0 aliphatic heterocycles. The third-order valence-corrected chi connectivity index (χ3v) is 3.74. The minimum atomic E-state index is -4.26. The molecule has 0 spiro atoms. The van der Waals surface area contributed by atoms with Gasteiger partial charge in [-0.2, -0.15) is 8.42 Å². The van der Waals surface area contributed by atoms with E-state index in [0.29, 0.717) is 22.5 Å². The maximum atomic E-state index is 11.3. The van der Waals surface area contributed by atoms with Gasteiger partial charge in [-0.1, -0.05) is 42.5 Å². The molecule has 0 aliphatic carbocycles. The van der Waals surface area contributed by atoms with Crippen LogP contribution in [0.1, 0.15) is 11.1 Å². The zero-order chi connectivity index (χ0) is 14.8. The fraction of sp³-hybridized carbons (Fsp3) is 0. The van der Waals surface area contributed by atoms with Gasteiger partial charge in [0.15, 0.2) is 0 Å². The highest BCUT2D eigenvalue weighted by Crippen LogP contribution is 2.23. The Morgan fingerprint density at radius 2 is 1.50 bits per heavy atom. The molecule has 0 radical (unpaired) electrons. The lowest BCUT2D eigenvalue weighted by atomic mass is 10.1. The Morgan fingerprint density at radius 1 is 0.900 bits per heavy atom. The molecule has 0 atom stereocenters. The van der Waals surface area contributed by atoms with E-state index in [1.54, 1.807) is 42.5 Å². The molecular weight excluding hydrogens is 276 g/mol. The summed E-state index contributed by atoms with van der Waals surface area (Å²) >= 11 is 0. The Bertz CT molecular complexity index is 768. The first-order valence-corrected chi connectivity index (χ1v) is 7.22. The average Bonchev–Trinajstić information content (AvgIpc) is 2.40. The van der Waals surface area contributed by atoms with Crippen LogP contribution in [0.4, 0.5) is 11.4 Å². The molecule has 2 rings (SSSR count). The number of nitrogens with two attached hydrogens (primary N) is 2. The van der Waals surface area contributed by atoms with Crippen LogP contribution in [0.5, 0.6) is 0 Å². The minimum Gasteiger partial charge on any atom is -0.397 e.